The van der Waals surface area contributed by atoms with Crippen molar-refractivity contribution in [2.45, 2.75) is 25.1 Å². The molecule has 0 aliphatic rings. The largest absolute Gasteiger partial charge is 0.219 e. The second-order valence-corrected chi connectivity index (χ2v) is 5.94. The predicted molar refractivity (Wildman–Crippen MR) is 78.1 cm³/mol. The van der Waals surface area contributed by atoms with Crippen LogP contribution < -0.4 is 0 Å². The van der Waals surface area contributed by atoms with Crippen LogP contribution in [0.4, 0.5) is 0 Å². The molecule has 96 valence electrons. The van der Waals surface area contributed by atoms with E-state index in [1.807, 2.05) is 19.2 Å². The van der Waals surface area contributed by atoms with Crippen LogP contribution in [-0.2, 0) is 0 Å². The molecule has 0 amide bonds. The molecular formula is C12H12BrCl2N3. The number of aryl methyl sites for hydroxylation is 1. The Balaban J connectivity index is 2.43. The Bertz CT molecular complexity index is 568. The van der Waals surface area contributed by atoms with Gasteiger partial charge in [0.05, 0.1) is 27.4 Å². The van der Waals surface area contributed by atoms with Crippen molar-refractivity contribution in [3.05, 3.63) is 39.6 Å². The van der Waals surface area contributed by atoms with Gasteiger partial charge in [-0.15, -0.1) is 5.10 Å². The summed E-state index contributed by atoms with van der Waals surface area (Å²) in [5.74, 6) is 0. The van der Waals surface area contributed by atoms with Crippen LogP contribution in [-0.4, -0.2) is 15.0 Å². The molecular weight excluding hydrogens is 337 g/mol. The van der Waals surface area contributed by atoms with E-state index in [9.17, 15) is 0 Å². The van der Waals surface area contributed by atoms with E-state index in [2.05, 4.69) is 33.2 Å². The molecule has 6 heteroatoms. The summed E-state index contributed by atoms with van der Waals surface area (Å²) in [5.41, 5.74) is 2.56. The molecule has 0 spiro atoms. The van der Waals surface area contributed by atoms with Gasteiger partial charge in [-0.25, -0.2) is 4.68 Å². The van der Waals surface area contributed by atoms with Gasteiger partial charge in [0.15, 0.2) is 0 Å². The molecule has 0 aliphatic heterocycles. The molecule has 18 heavy (non-hydrogen) atoms. The lowest BCUT2D eigenvalue weighted by atomic mass is 10.2. The Kier molecular flexibility index (Phi) is 4.30. The van der Waals surface area contributed by atoms with Crippen molar-refractivity contribution >= 4 is 39.1 Å². The quantitative estimate of drug-likeness (QED) is 0.751. The highest BCUT2D eigenvalue weighted by atomic mass is 79.9. The minimum absolute atomic E-state index is 0.200. The van der Waals surface area contributed by atoms with Crippen molar-refractivity contribution in [2.24, 2.45) is 0 Å². The first-order valence-corrected chi connectivity index (χ1v) is 7.22. The Morgan fingerprint density at radius 2 is 2.06 bits per heavy atom. The van der Waals surface area contributed by atoms with Crippen LogP contribution in [0.25, 0.3) is 5.69 Å². The van der Waals surface area contributed by atoms with Crippen molar-refractivity contribution in [3.63, 3.8) is 0 Å². The average molecular weight is 349 g/mol. The highest BCUT2D eigenvalue weighted by Crippen LogP contribution is 2.29. The maximum atomic E-state index is 6.20. The maximum absolute atomic E-state index is 6.20. The van der Waals surface area contributed by atoms with E-state index < -0.39 is 0 Å². The maximum Gasteiger partial charge on any atom is 0.0967 e. The van der Waals surface area contributed by atoms with Crippen molar-refractivity contribution < 1.29 is 0 Å². The Morgan fingerprint density at radius 1 is 1.33 bits per heavy atom. The van der Waals surface area contributed by atoms with Crippen LogP contribution in [0, 0.1) is 6.92 Å². The molecule has 1 unspecified atom stereocenters. The third-order valence-corrected chi connectivity index (χ3v) is 4.49. The van der Waals surface area contributed by atoms with Crippen molar-refractivity contribution in [3.8, 4) is 5.69 Å². The zero-order chi connectivity index (χ0) is 13.3. The number of aromatic nitrogens is 3. The number of benzene rings is 1. The third kappa shape index (κ3) is 2.71. The van der Waals surface area contributed by atoms with E-state index in [-0.39, 0.29) is 4.83 Å². The van der Waals surface area contributed by atoms with Gasteiger partial charge in [0.2, 0.25) is 0 Å². The number of nitrogens with zero attached hydrogens (tertiary/aromatic N) is 3. The number of rotatable bonds is 3. The summed E-state index contributed by atoms with van der Waals surface area (Å²) in [6, 6.07) is 3.62. The van der Waals surface area contributed by atoms with E-state index >= 15 is 0 Å². The van der Waals surface area contributed by atoms with E-state index in [4.69, 9.17) is 23.2 Å². The number of halogens is 3. The molecule has 1 aromatic carbocycles. The lowest BCUT2D eigenvalue weighted by Gasteiger charge is -2.06. The molecule has 0 aliphatic carbocycles. The number of alkyl halides is 1. The molecule has 0 bridgehead atoms. The van der Waals surface area contributed by atoms with Crippen molar-refractivity contribution in [2.75, 3.05) is 0 Å². The molecule has 0 saturated carbocycles. The van der Waals surface area contributed by atoms with Crippen LogP contribution in [0.5, 0.6) is 0 Å². The summed E-state index contributed by atoms with van der Waals surface area (Å²) in [7, 11) is 0. The summed E-state index contributed by atoms with van der Waals surface area (Å²) < 4.78 is 1.65. The normalized spacial score (nSPS) is 12.7. The number of hydrogen-bond acceptors (Lipinski definition) is 2. The molecule has 0 N–H and O–H groups in total. The zero-order valence-electron chi connectivity index (χ0n) is 9.99. The minimum Gasteiger partial charge on any atom is -0.219 e. The molecule has 1 aromatic heterocycles. The van der Waals surface area contributed by atoms with Crippen LogP contribution in [0.3, 0.4) is 0 Å². The summed E-state index contributed by atoms with van der Waals surface area (Å²) in [4.78, 5) is 0.200. The van der Waals surface area contributed by atoms with Gasteiger partial charge in [-0.1, -0.05) is 51.3 Å². The second kappa shape index (κ2) is 5.59. The van der Waals surface area contributed by atoms with Gasteiger partial charge in [0, 0.05) is 5.02 Å². The fraction of sp³-hybridized carbons (Fsp3) is 0.333. The van der Waals surface area contributed by atoms with E-state index in [0.29, 0.717) is 10.0 Å². The van der Waals surface area contributed by atoms with Crippen LogP contribution in [0.1, 0.15) is 29.4 Å². The predicted octanol–water partition coefficient (Wildman–Crippen LogP) is 4.73. The lowest BCUT2D eigenvalue weighted by Crippen LogP contribution is -1.96. The first-order valence-electron chi connectivity index (χ1n) is 5.55. The first kappa shape index (κ1) is 13.8. The van der Waals surface area contributed by atoms with Crippen molar-refractivity contribution in [1.29, 1.82) is 0 Å². The smallest absolute Gasteiger partial charge is 0.0967 e. The van der Waals surface area contributed by atoms with Gasteiger partial charge in [-0.3, -0.25) is 0 Å². The molecule has 0 saturated heterocycles. The van der Waals surface area contributed by atoms with Gasteiger partial charge in [0.25, 0.3) is 0 Å². The molecule has 2 rings (SSSR count). The molecule has 2 aromatic rings. The van der Waals surface area contributed by atoms with Crippen molar-refractivity contribution in [1.82, 2.24) is 15.0 Å². The molecule has 1 atom stereocenters. The Morgan fingerprint density at radius 3 is 2.72 bits per heavy atom. The standard InChI is InChI=1S/C12H12BrCl2N3/c1-3-8(13)11-6-18(17-16-11)12-5-9(14)7(2)4-10(12)15/h4-6,8H,3H2,1-2H3. The van der Waals surface area contributed by atoms with Gasteiger partial charge in [-0.05, 0) is 31.0 Å². The van der Waals surface area contributed by atoms with E-state index in [1.165, 1.54) is 0 Å². The van der Waals surface area contributed by atoms with Crippen LogP contribution in [0.15, 0.2) is 18.3 Å². The van der Waals surface area contributed by atoms with E-state index in [0.717, 1.165) is 23.4 Å². The Hall–Kier alpha value is -0.580. The molecule has 1 heterocycles. The Labute approximate surface area is 124 Å². The molecule has 3 nitrogen and oxygen atoms in total. The van der Waals surface area contributed by atoms with Gasteiger partial charge in [0.1, 0.15) is 0 Å². The van der Waals surface area contributed by atoms with Crippen LogP contribution in [0.2, 0.25) is 10.0 Å². The topological polar surface area (TPSA) is 30.7 Å². The lowest BCUT2D eigenvalue weighted by molar-refractivity contribution is 0.790. The van der Waals surface area contributed by atoms with Crippen LogP contribution >= 0.6 is 39.1 Å². The number of hydrogen-bond donors (Lipinski definition) is 0. The SMILES string of the molecule is CCC(Br)c1cn(-c2cc(Cl)c(C)cc2Cl)nn1. The van der Waals surface area contributed by atoms with Gasteiger partial charge in [-0.2, -0.15) is 0 Å². The van der Waals surface area contributed by atoms with Gasteiger partial charge < -0.3 is 0 Å². The molecule has 0 fully saturated rings. The summed E-state index contributed by atoms with van der Waals surface area (Å²) in [5, 5.41) is 9.47. The highest BCUT2D eigenvalue weighted by molar-refractivity contribution is 9.09. The zero-order valence-corrected chi connectivity index (χ0v) is 13.1. The highest BCUT2D eigenvalue weighted by Gasteiger charge is 2.13. The molecule has 0 radical (unpaired) electrons. The summed E-state index contributed by atoms with van der Waals surface area (Å²) in [6.07, 6.45) is 2.80. The van der Waals surface area contributed by atoms with Gasteiger partial charge >= 0.3 is 0 Å². The first-order chi connectivity index (χ1) is 8.52. The fourth-order valence-corrected chi connectivity index (χ4v) is 2.23. The fourth-order valence-electron chi connectivity index (χ4n) is 1.56. The monoisotopic (exact) mass is 347 g/mol. The summed E-state index contributed by atoms with van der Waals surface area (Å²) >= 11 is 15.8. The summed E-state index contributed by atoms with van der Waals surface area (Å²) in [6.45, 7) is 3.99. The second-order valence-electron chi connectivity index (χ2n) is 4.02. The average Bonchev–Trinajstić information content (AvgIpc) is 2.82. The van der Waals surface area contributed by atoms with E-state index in [1.54, 1.807) is 10.7 Å². The third-order valence-electron chi connectivity index (χ3n) is 2.67. The minimum atomic E-state index is 0.200.